The monoisotopic (exact) mass is 1300 g/mol. The Morgan fingerprint density at radius 1 is 0.596 bits per heavy atom. The zero-order chi connectivity index (χ0) is 67.3. The first kappa shape index (κ1) is 70.5. The molecule has 3 saturated heterocycles. The molecule has 2 aromatic heterocycles. The molecule has 3 aliphatic heterocycles. The van der Waals surface area contributed by atoms with Crippen LogP contribution in [-0.4, -0.2) is 171 Å². The second-order valence-corrected chi connectivity index (χ2v) is 25.2. The summed E-state index contributed by atoms with van der Waals surface area (Å²) in [6.45, 7) is 6.99. The van der Waals surface area contributed by atoms with Crippen LogP contribution in [-0.2, 0) is 64.0 Å². The number of piperidine rings is 3. The predicted molar refractivity (Wildman–Crippen MR) is 354 cm³/mol. The van der Waals surface area contributed by atoms with E-state index in [2.05, 4.69) is 57.4 Å². The van der Waals surface area contributed by atoms with Gasteiger partial charge in [0.2, 0.25) is 47.3 Å². The van der Waals surface area contributed by atoms with Crippen LogP contribution in [0.4, 0.5) is 0 Å². The minimum Gasteiger partial charge on any atom is -0.508 e. The first-order valence-electron chi connectivity index (χ1n) is 32.0. The molecule has 3 aliphatic rings. The highest BCUT2D eigenvalue weighted by atomic mass is 35.5. The Morgan fingerprint density at radius 3 is 1.77 bits per heavy atom. The fraction of sp³-hybridized carbons (Fsp3) is 0.414. The van der Waals surface area contributed by atoms with Crippen molar-refractivity contribution in [3.63, 3.8) is 0 Å². The molecule has 0 saturated carbocycles. The van der Waals surface area contributed by atoms with Crippen LogP contribution >= 0.6 is 11.6 Å². The Kier molecular flexibility index (Phi) is 25.9. The number of aromatic hydroxyl groups is 1. The van der Waals surface area contributed by atoms with Gasteiger partial charge in [-0.3, -0.25) is 53.1 Å². The summed E-state index contributed by atoms with van der Waals surface area (Å²) in [5.41, 5.74) is 2.63. The van der Waals surface area contributed by atoms with Crippen molar-refractivity contribution in [3.05, 3.63) is 173 Å². The lowest BCUT2D eigenvalue weighted by Crippen LogP contribution is -2.62. The number of carbonyl (C=O) groups excluding carboxylic acids is 9. The van der Waals surface area contributed by atoms with E-state index >= 15 is 4.79 Å². The minimum absolute atomic E-state index is 0.0252. The van der Waals surface area contributed by atoms with E-state index in [1.165, 1.54) is 44.7 Å². The number of likely N-dealkylation sites (N-methyl/N-ethyl adjacent to an activating group) is 1. The average Bonchev–Trinajstić information content (AvgIpc) is 0.933. The number of aromatic nitrogens is 2. The lowest BCUT2D eigenvalue weighted by molar-refractivity contribution is -0.144. The maximum absolute atomic E-state index is 15.1. The average molecular weight is 1310 g/mol. The maximum atomic E-state index is 15.1. The summed E-state index contributed by atoms with van der Waals surface area (Å²) < 4.78 is 0. The molecule has 6 aromatic rings. The topological polar surface area (TPSA) is 323 Å². The molecule has 10 N–H and O–H groups in total. The molecule has 9 rings (SSSR count). The van der Waals surface area contributed by atoms with Crippen LogP contribution in [0.5, 0.6) is 5.75 Å². The van der Waals surface area contributed by atoms with Crippen molar-refractivity contribution >= 4 is 75.5 Å². The summed E-state index contributed by atoms with van der Waals surface area (Å²) in [7, 11) is 1.30. The maximum Gasteiger partial charge on any atom is 0.252 e. The van der Waals surface area contributed by atoms with Crippen molar-refractivity contribution < 1.29 is 53.4 Å². The molecular formula is C70H85ClN12O11. The van der Waals surface area contributed by atoms with E-state index in [9.17, 15) is 48.6 Å². The van der Waals surface area contributed by atoms with Crippen molar-refractivity contribution in [1.29, 1.82) is 0 Å². The van der Waals surface area contributed by atoms with Crippen molar-refractivity contribution in [2.75, 3.05) is 39.8 Å². The number of halogens is 1. The zero-order valence-corrected chi connectivity index (χ0v) is 54.2. The Labute approximate surface area is 552 Å². The molecule has 0 spiro atoms. The molecule has 23 nitrogen and oxygen atoms in total. The van der Waals surface area contributed by atoms with Crippen LogP contribution in [0.25, 0.3) is 10.8 Å². The molecule has 8 unspecified atom stereocenters. The molecule has 3 fully saturated rings. The van der Waals surface area contributed by atoms with Gasteiger partial charge in [-0.25, -0.2) is 0 Å². The van der Waals surface area contributed by atoms with Gasteiger partial charge in [-0.15, -0.1) is 0 Å². The Morgan fingerprint density at radius 2 is 1.16 bits per heavy atom. The molecule has 0 aliphatic carbocycles. The van der Waals surface area contributed by atoms with Crippen LogP contribution in [0.2, 0.25) is 5.02 Å². The molecular weight excluding hydrogens is 1220 g/mol. The molecule has 0 radical (unpaired) electrons. The van der Waals surface area contributed by atoms with E-state index in [1.54, 1.807) is 66.9 Å². The van der Waals surface area contributed by atoms with Gasteiger partial charge >= 0.3 is 0 Å². The standard InChI is InChI=1S/C70H85ClN12O11/c1-43(2)33-56(65(89)80-60-41-83-31-26-50(60)27-32-83)77-64(88)55(15-7-8-30-74-63(87)52-14-10-29-73-40-52)76-69(93)62(38-46-19-24-54(86)25-20-46)82(4)70(94)61(42-84)81-68(92)59(37-48-11-9-28-72-39-48)79-67(91)58(35-45-17-22-53(71)23-18-45)78-66(90)57(75-44(3)85)36-47-16-21-49-12-5-6-13-51(49)34-47/h5-6,9-14,16-25,28-29,34,39-40,43,50,55-62,84,86H,7-8,15,26-27,30-33,35-38,41-42H2,1-4H3,(H,74,87)(H,75,85)(H,76,93)(H,77,88)(H,78,90)(H,79,91)(H,80,89)(H,81,92). The Bertz CT molecular complexity index is 3560. The summed E-state index contributed by atoms with van der Waals surface area (Å²) in [5, 5.41) is 46.3. The summed E-state index contributed by atoms with van der Waals surface area (Å²) in [6.07, 6.45) is 8.45. The van der Waals surface area contributed by atoms with E-state index in [0.29, 0.717) is 52.6 Å². The number of amides is 9. The van der Waals surface area contributed by atoms with Gasteiger partial charge in [0.25, 0.3) is 5.91 Å². The number of rotatable bonds is 32. The second-order valence-electron chi connectivity index (χ2n) is 24.7. The van der Waals surface area contributed by atoms with Crippen molar-refractivity contribution in [3.8, 4) is 5.75 Å². The number of benzene rings is 4. The number of unbranched alkanes of at least 4 members (excludes halogenated alkanes) is 1. The normalized spacial score (nSPS) is 17.2. The lowest BCUT2D eigenvalue weighted by Gasteiger charge is -2.45. The number of hydrogen-bond donors (Lipinski definition) is 10. The number of fused-ring (bicyclic) bond motifs is 4. The summed E-state index contributed by atoms with van der Waals surface area (Å²) >= 11 is 6.24. The summed E-state index contributed by atoms with van der Waals surface area (Å²) in [6, 6.07) is 22.8. The first-order valence-corrected chi connectivity index (χ1v) is 32.3. The minimum atomic E-state index is -1.74. The quantitative estimate of drug-likeness (QED) is 0.0268. The Hall–Kier alpha value is -9.32. The van der Waals surface area contributed by atoms with Crippen molar-refractivity contribution in [2.45, 2.75) is 133 Å². The number of pyridine rings is 2. The largest absolute Gasteiger partial charge is 0.508 e. The summed E-state index contributed by atoms with van der Waals surface area (Å²) in [5.74, 6) is -5.86. The molecule has 4 aromatic carbocycles. The Balaban J connectivity index is 1.02. The van der Waals surface area contributed by atoms with Gasteiger partial charge in [0, 0.05) is 88.6 Å². The van der Waals surface area contributed by atoms with E-state index in [1.807, 2.05) is 56.3 Å². The van der Waals surface area contributed by atoms with Gasteiger partial charge in [0.05, 0.1) is 12.2 Å². The number of nitrogens with one attached hydrogen (secondary N) is 8. The van der Waals surface area contributed by atoms with Gasteiger partial charge in [0.15, 0.2) is 0 Å². The highest BCUT2D eigenvalue weighted by Gasteiger charge is 2.39. The van der Waals surface area contributed by atoms with E-state index < -0.39 is 90.3 Å². The van der Waals surface area contributed by atoms with Crippen molar-refractivity contribution in [1.82, 2.24) is 62.3 Å². The van der Waals surface area contributed by atoms with Gasteiger partial charge in [-0.05, 0) is 139 Å². The third kappa shape index (κ3) is 20.8. The van der Waals surface area contributed by atoms with E-state index in [0.717, 1.165) is 47.2 Å². The molecule has 94 heavy (non-hydrogen) atoms. The number of phenolic OH excluding ortho intramolecular Hbond substituents is 1. The van der Waals surface area contributed by atoms with Crippen LogP contribution in [0, 0.1) is 11.8 Å². The SMILES string of the molecule is CC(=O)NC(Cc1ccc2ccccc2c1)C(=O)NC(Cc1ccc(Cl)cc1)C(=O)NC(Cc1cccnc1)C(=O)NC(CO)C(=O)N(C)C(Cc1ccc(O)cc1)C(=O)NC(CCCCNC(=O)c1cccnc1)C(=O)NC(CC(C)C)C(=O)NC1CN2CCC1CC2. The molecule has 8 atom stereocenters. The lowest BCUT2D eigenvalue weighted by atomic mass is 9.84. The van der Waals surface area contributed by atoms with Crippen molar-refractivity contribution in [2.24, 2.45) is 11.8 Å². The fourth-order valence-electron chi connectivity index (χ4n) is 11.9. The number of nitrogens with zero attached hydrogens (tertiary/aromatic N) is 4. The second kappa shape index (κ2) is 34.5. The van der Waals surface area contributed by atoms with E-state index in [-0.39, 0.29) is 74.6 Å². The highest BCUT2D eigenvalue weighted by molar-refractivity contribution is 6.30. The predicted octanol–water partition coefficient (Wildman–Crippen LogP) is 3.86. The third-order valence-corrected chi connectivity index (χ3v) is 17.3. The molecule has 5 heterocycles. The number of aliphatic hydroxyl groups excluding tert-OH is 1. The molecule has 498 valence electrons. The molecule has 24 heteroatoms. The van der Waals surface area contributed by atoms with Crippen LogP contribution in [0.3, 0.4) is 0 Å². The first-order chi connectivity index (χ1) is 45.2. The van der Waals surface area contributed by atoms with Gasteiger partial charge in [0.1, 0.15) is 48.0 Å². The highest BCUT2D eigenvalue weighted by Crippen LogP contribution is 2.28. The number of hydrogen-bond acceptors (Lipinski definition) is 14. The van der Waals surface area contributed by atoms with Gasteiger partial charge in [-0.2, -0.15) is 0 Å². The summed E-state index contributed by atoms with van der Waals surface area (Å²) in [4.78, 5) is 140. The third-order valence-electron chi connectivity index (χ3n) is 17.1. The van der Waals surface area contributed by atoms with Gasteiger partial charge < -0.3 is 62.5 Å². The van der Waals surface area contributed by atoms with Crippen LogP contribution < -0.4 is 42.5 Å². The number of aliphatic hydroxyl groups is 1. The smallest absolute Gasteiger partial charge is 0.252 e. The van der Waals surface area contributed by atoms with E-state index in [4.69, 9.17) is 11.6 Å². The number of phenols is 1. The molecule has 2 bridgehead atoms. The van der Waals surface area contributed by atoms with Crippen LogP contribution in [0.1, 0.15) is 91.9 Å². The van der Waals surface area contributed by atoms with Gasteiger partial charge in [-0.1, -0.05) is 98.2 Å². The fourth-order valence-corrected chi connectivity index (χ4v) is 12.1. The van der Waals surface area contributed by atoms with Crippen LogP contribution in [0.15, 0.2) is 140 Å². The zero-order valence-electron chi connectivity index (χ0n) is 53.4. The number of carbonyl (C=O) groups is 9. The molecule has 9 amide bonds.